The maximum Gasteiger partial charge on any atom is 0.223 e. The van der Waals surface area contributed by atoms with Gasteiger partial charge in [0, 0.05) is 36.2 Å². The molecule has 3 nitrogen and oxygen atoms in total. The summed E-state index contributed by atoms with van der Waals surface area (Å²) in [6, 6.07) is 10.7. The van der Waals surface area contributed by atoms with E-state index in [-0.39, 0.29) is 12.4 Å². The highest BCUT2D eigenvalue weighted by Crippen LogP contribution is 2.19. The van der Waals surface area contributed by atoms with E-state index in [4.69, 9.17) is 0 Å². The molecule has 0 spiro atoms. The van der Waals surface area contributed by atoms with Crippen LogP contribution in [0.3, 0.4) is 0 Å². The van der Waals surface area contributed by atoms with Gasteiger partial charge in [0.1, 0.15) is 0 Å². The van der Waals surface area contributed by atoms with Crippen molar-refractivity contribution in [1.82, 2.24) is 10.2 Å². The number of halogens is 1. The van der Waals surface area contributed by atoms with Gasteiger partial charge in [-0.05, 0) is 32.0 Å². The topological polar surface area (TPSA) is 32.3 Å². The summed E-state index contributed by atoms with van der Waals surface area (Å²) < 4.78 is 0. The zero-order chi connectivity index (χ0) is 13.5. The Labute approximate surface area is 131 Å². The molecule has 0 radical (unpaired) electrons. The van der Waals surface area contributed by atoms with Gasteiger partial charge in [-0.2, -0.15) is 0 Å². The Balaban J connectivity index is 0.00000200. The normalized spacial score (nSPS) is 18.4. The minimum absolute atomic E-state index is 0. The zero-order valence-electron chi connectivity index (χ0n) is 11.9. The fourth-order valence-electron chi connectivity index (χ4n) is 2.37. The first-order chi connectivity index (χ1) is 9.29. The predicted molar refractivity (Wildman–Crippen MR) is 87.7 cm³/mol. The molecule has 1 aromatic rings. The molecule has 0 saturated carbocycles. The molecule has 0 bridgehead atoms. The van der Waals surface area contributed by atoms with Crippen LogP contribution in [0.25, 0.3) is 0 Å². The number of carbonyl (C=O) groups excluding carboxylic acids is 1. The lowest BCUT2D eigenvalue weighted by Crippen LogP contribution is -2.47. The summed E-state index contributed by atoms with van der Waals surface area (Å²) in [5, 5.41) is 3.27. The molecule has 1 saturated heterocycles. The van der Waals surface area contributed by atoms with E-state index in [0.29, 0.717) is 18.4 Å². The molecule has 112 valence electrons. The number of hydrogen-bond donors (Lipinski definition) is 1. The number of rotatable bonds is 5. The van der Waals surface area contributed by atoms with Crippen molar-refractivity contribution in [3.8, 4) is 0 Å². The molecule has 1 N–H and O–H groups in total. The second-order valence-corrected chi connectivity index (χ2v) is 6.05. The number of nitrogens with zero attached hydrogens (tertiary/aromatic N) is 1. The van der Waals surface area contributed by atoms with Crippen LogP contribution in [-0.4, -0.2) is 42.7 Å². The zero-order valence-corrected chi connectivity index (χ0v) is 13.5. The molecule has 1 unspecified atom stereocenters. The van der Waals surface area contributed by atoms with Gasteiger partial charge in [0.05, 0.1) is 0 Å². The minimum atomic E-state index is 0. The molecule has 1 heterocycles. The fourth-order valence-corrected chi connectivity index (χ4v) is 3.23. The molecule has 1 amide bonds. The van der Waals surface area contributed by atoms with Crippen molar-refractivity contribution in [2.75, 3.05) is 25.9 Å². The smallest absolute Gasteiger partial charge is 0.223 e. The number of piperidine rings is 1. The van der Waals surface area contributed by atoms with Crippen molar-refractivity contribution in [2.45, 2.75) is 30.2 Å². The molecule has 20 heavy (non-hydrogen) atoms. The lowest BCUT2D eigenvalue weighted by atomic mass is 10.1. The van der Waals surface area contributed by atoms with E-state index in [1.165, 1.54) is 11.3 Å². The van der Waals surface area contributed by atoms with E-state index in [0.717, 1.165) is 25.3 Å². The highest BCUT2D eigenvalue weighted by Gasteiger charge is 2.21. The first-order valence-electron chi connectivity index (χ1n) is 6.92. The largest absolute Gasteiger partial charge is 0.341 e. The molecule has 1 fully saturated rings. The standard InChI is InChI=1S/C15H22N2OS.ClH/c1-16-13-6-5-10-17(12-13)15(18)9-11-19-14-7-3-2-4-8-14;/h2-4,7-8,13,16H,5-6,9-12H2,1H3;1H. The first-order valence-corrected chi connectivity index (χ1v) is 7.91. The third-order valence-electron chi connectivity index (χ3n) is 3.51. The molecule has 0 aromatic heterocycles. The van der Waals surface area contributed by atoms with Gasteiger partial charge in [0.25, 0.3) is 0 Å². The van der Waals surface area contributed by atoms with Crippen molar-refractivity contribution in [2.24, 2.45) is 0 Å². The van der Waals surface area contributed by atoms with Gasteiger partial charge in [0.2, 0.25) is 5.91 Å². The van der Waals surface area contributed by atoms with E-state index in [1.54, 1.807) is 11.8 Å². The van der Waals surface area contributed by atoms with Gasteiger partial charge < -0.3 is 10.2 Å². The summed E-state index contributed by atoms with van der Waals surface area (Å²) in [5.74, 6) is 1.16. The molecule has 1 aromatic carbocycles. The number of hydrogen-bond acceptors (Lipinski definition) is 3. The van der Waals surface area contributed by atoms with Crippen molar-refractivity contribution in [3.63, 3.8) is 0 Å². The molecule has 5 heteroatoms. The third kappa shape index (κ3) is 5.35. The second-order valence-electron chi connectivity index (χ2n) is 4.88. The van der Waals surface area contributed by atoms with Crippen LogP contribution in [0.4, 0.5) is 0 Å². The lowest BCUT2D eigenvalue weighted by molar-refractivity contribution is -0.132. The highest BCUT2D eigenvalue weighted by atomic mass is 35.5. The molecule has 1 atom stereocenters. The van der Waals surface area contributed by atoms with Crippen molar-refractivity contribution in [1.29, 1.82) is 0 Å². The van der Waals surface area contributed by atoms with Gasteiger partial charge in [-0.15, -0.1) is 24.2 Å². The Morgan fingerprint density at radius 1 is 1.40 bits per heavy atom. The summed E-state index contributed by atoms with van der Waals surface area (Å²) in [4.78, 5) is 15.4. The Morgan fingerprint density at radius 3 is 2.85 bits per heavy atom. The maximum atomic E-state index is 12.1. The van der Waals surface area contributed by atoms with Gasteiger partial charge in [-0.1, -0.05) is 18.2 Å². The van der Waals surface area contributed by atoms with E-state index in [9.17, 15) is 4.79 Å². The summed E-state index contributed by atoms with van der Waals surface area (Å²) in [6.45, 7) is 1.79. The highest BCUT2D eigenvalue weighted by molar-refractivity contribution is 7.99. The quantitative estimate of drug-likeness (QED) is 0.848. The van der Waals surface area contributed by atoms with E-state index < -0.39 is 0 Å². The Hall–Kier alpha value is -0.710. The fraction of sp³-hybridized carbons (Fsp3) is 0.533. The van der Waals surface area contributed by atoms with Crippen LogP contribution in [0.5, 0.6) is 0 Å². The van der Waals surface area contributed by atoms with Crippen molar-refractivity contribution < 1.29 is 4.79 Å². The van der Waals surface area contributed by atoms with Crippen molar-refractivity contribution >= 4 is 30.1 Å². The number of benzene rings is 1. The Kier molecular flexibility index (Phi) is 8.04. The molecular weight excluding hydrogens is 292 g/mol. The van der Waals surface area contributed by atoms with Crippen LogP contribution in [0.1, 0.15) is 19.3 Å². The Morgan fingerprint density at radius 2 is 2.15 bits per heavy atom. The van der Waals surface area contributed by atoms with Crippen LogP contribution in [0.15, 0.2) is 35.2 Å². The summed E-state index contributed by atoms with van der Waals surface area (Å²) >= 11 is 1.76. The summed E-state index contributed by atoms with van der Waals surface area (Å²) in [5.41, 5.74) is 0. The van der Waals surface area contributed by atoms with Crippen LogP contribution >= 0.6 is 24.2 Å². The molecule has 1 aliphatic rings. The SMILES string of the molecule is CNC1CCCN(C(=O)CCSc2ccccc2)C1.Cl. The number of likely N-dealkylation sites (N-methyl/N-ethyl adjacent to an activating group) is 1. The van der Waals surface area contributed by atoms with Gasteiger partial charge in [-0.3, -0.25) is 4.79 Å². The monoisotopic (exact) mass is 314 g/mol. The average Bonchev–Trinajstić information content (AvgIpc) is 2.48. The molecule has 2 rings (SSSR count). The summed E-state index contributed by atoms with van der Waals surface area (Å²) in [7, 11) is 1.98. The second kappa shape index (κ2) is 9.27. The number of likely N-dealkylation sites (tertiary alicyclic amines) is 1. The van der Waals surface area contributed by atoms with Crippen LogP contribution < -0.4 is 5.32 Å². The Bertz CT molecular complexity index is 402. The van der Waals surface area contributed by atoms with Gasteiger partial charge in [0.15, 0.2) is 0 Å². The molecular formula is C15H23ClN2OS. The van der Waals surface area contributed by atoms with Crippen LogP contribution in [0.2, 0.25) is 0 Å². The van der Waals surface area contributed by atoms with Gasteiger partial charge >= 0.3 is 0 Å². The minimum Gasteiger partial charge on any atom is -0.341 e. The number of thioether (sulfide) groups is 1. The molecule has 0 aliphatic carbocycles. The number of amides is 1. The maximum absolute atomic E-state index is 12.1. The van der Waals surface area contributed by atoms with E-state index in [2.05, 4.69) is 17.4 Å². The third-order valence-corrected chi connectivity index (χ3v) is 4.52. The first kappa shape index (κ1) is 17.3. The average molecular weight is 315 g/mol. The lowest BCUT2D eigenvalue weighted by Gasteiger charge is -2.32. The molecule has 1 aliphatic heterocycles. The van der Waals surface area contributed by atoms with Crippen LogP contribution in [-0.2, 0) is 4.79 Å². The predicted octanol–water partition coefficient (Wildman–Crippen LogP) is 2.80. The van der Waals surface area contributed by atoms with Crippen molar-refractivity contribution in [3.05, 3.63) is 30.3 Å². The number of nitrogens with one attached hydrogen (secondary N) is 1. The van der Waals surface area contributed by atoms with E-state index in [1.807, 2.05) is 30.1 Å². The van der Waals surface area contributed by atoms with E-state index >= 15 is 0 Å². The summed E-state index contributed by atoms with van der Waals surface area (Å²) in [6.07, 6.45) is 2.93. The van der Waals surface area contributed by atoms with Gasteiger partial charge in [-0.25, -0.2) is 0 Å². The number of carbonyl (C=O) groups is 1. The van der Waals surface area contributed by atoms with Crippen LogP contribution in [0, 0.1) is 0 Å².